The number of rotatable bonds is 4. The van der Waals surface area contributed by atoms with Gasteiger partial charge in [-0.25, -0.2) is 4.98 Å². The van der Waals surface area contributed by atoms with Crippen LogP contribution in [0.4, 0.5) is 13.2 Å². The molecule has 0 N–H and O–H groups in total. The Morgan fingerprint density at radius 3 is 2.77 bits per heavy atom. The van der Waals surface area contributed by atoms with Gasteiger partial charge in [0.15, 0.2) is 5.69 Å². The van der Waals surface area contributed by atoms with E-state index in [9.17, 15) is 13.2 Å². The Morgan fingerprint density at radius 1 is 1.27 bits per heavy atom. The molecule has 3 aromatic rings. The highest BCUT2D eigenvalue weighted by molar-refractivity contribution is 5.80. The Labute approximate surface area is 123 Å². The third-order valence-corrected chi connectivity index (χ3v) is 3.30. The summed E-state index contributed by atoms with van der Waals surface area (Å²) in [5, 5.41) is 5.09. The number of imidazole rings is 1. The van der Waals surface area contributed by atoms with Crippen molar-refractivity contribution >= 4 is 10.9 Å². The zero-order valence-corrected chi connectivity index (χ0v) is 11.7. The van der Waals surface area contributed by atoms with E-state index in [1.165, 1.54) is 4.57 Å². The first-order chi connectivity index (χ1) is 10.5. The van der Waals surface area contributed by atoms with E-state index in [4.69, 9.17) is 4.74 Å². The second-order valence-corrected chi connectivity index (χ2v) is 4.77. The van der Waals surface area contributed by atoms with Gasteiger partial charge in [0.05, 0.1) is 31.2 Å². The Hall–Kier alpha value is -2.35. The van der Waals surface area contributed by atoms with Gasteiger partial charge in [0.2, 0.25) is 0 Å². The SMILES string of the molecule is COCCn1ncc2cc(-n3cnc(C(F)(F)F)c3)ccc21. The molecule has 3 rings (SSSR count). The van der Waals surface area contributed by atoms with Gasteiger partial charge in [0.25, 0.3) is 0 Å². The molecule has 5 nitrogen and oxygen atoms in total. The van der Waals surface area contributed by atoms with Crippen molar-refractivity contribution in [2.75, 3.05) is 13.7 Å². The molecule has 8 heteroatoms. The zero-order chi connectivity index (χ0) is 15.7. The minimum atomic E-state index is -4.44. The van der Waals surface area contributed by atoms with Crippen LogP contribution in [0.25, 0.3) is 16.6 Å². The summed E-state index contributed by atoms with van der Waals surface area (Å²) in [6.07, 6.45) is -0.647. The smallest absolute Gasteiger partial charge is 0.383 e. The lowest BCUT2D eigenvalue weighted by molar-refractivity contribution is -0.140. The van der Waals surface area contributed by atoms with Crippen molar-refractivity contribution in [2.45, 2.75) is 12.7 Å². The minimum Gasteiger partial charge on any atom is -0.383 e. The summed E-state index contributed by atoms with van der Waals surface area (Å²) in [5.41, 5.74) is 0.585. The number of hydrogen-bond acceptors (Lipinski definition) is 3. The first-order valence-electron chi connectivity index (χ1n) is 6.55. The van der Waals surface area contributed by atoms with Crippen LogP contribution in [-0.4, -0.2) is 33.0 Å². The molecule has 1 aromatic carbocycles. The molecule has 0 unspecified atom stereocenters. The number of fused-ring (bicyclic) bond motifs is 1. The standard InChI is InChI=1S/C14H13F3N4O/c1-22-5-4-21-12-3-2-11(6-10(12)7-19-21)20-8-13(18-9-20)14(15,16)17/h2-3,6-9H,4-5H2,1H3. The fourth-order valence-corrected chi connectivity index (χ4v) is 2.20. The Kier molecular flexibility index (Phi) is 3.61. The van der Waals surface area contributed by atoms with E-state index >= 15 is 0 Å². The highest BCUT2D eigenvalue weighted by atomic mass is 19.4. The minimum absolute atomic E-state index is 0.537. The van der Waals surface area contributed by atoms with Crippen molar-refractivity contribution in [1.29, 1.82) is 0 Å². The summed E-state index contributed by atoms with van der Waals surface area (Å²) < 4.78 is 45.9. The van der Waals surface area contributed by atoms with Crippen LogP contribution in [-0.2, 0) is 17.5 Å². The number of benzene rings is 1. The number of aromatic nitrogens is 4. The van der Waals surface area contributed by atoms with Crippen LogP contribution in [0.15, 0.2) is 36.9 Å². The van der Waals surface area contributed by atoms with Gasteiger partial charge in [-0.2, -0.15) is 18.3 Å². The van der Waals surface area contributed by atoms with Crippen LogP contribution in [0, 0.1) is 0 Å². The fraction of sp³-hybridized carbons (Fsp3) is 0.286. The molecule has 0 saturated carbocycles. The number of halogens is 3. The van der Waals surface area contributed by atoms with Crippen LogP contribution in [0.3, 0.4) is 0 Å². The molecule has 0 bridgehead atoms. The van der Waals surface area contributed by atoms with E-state index < -0.39 is 11.9 Å². The lowest BCUT2D eigenvalue weighted by Gasteiger charge is -2.05. The highest BCUT2D eigenvalue weighted by Gasteiger charge is 2.33. The highest BCUT2D eigenvalue weighted by Crippen LogP contribution is 2.28. The van der Waals surface area contributed by atoms with Gasteiger partial charge in [0.1, 0.15) is 0 Å². The number of alkyl halides is 3. The van der Waals surface area contributed by atoms with Crippen LogP contribution >= 0.6 is 0 Å². The number of methoxy groups -OCH3 is 1. The monoisotopic (exact) mass is 310 g/mol. The second kappa shape index (κ2) is 5.45. The summed E-state index contributed by atoms with van der Waals surface area (Å²) in [6, 6.07) is 5.32. The van der Waals surface area contributed by atoms with Gasteiger partial charge < -0.3 is 9.30 Å². The van der Waals surface area contributed by atoms with Crippen LogP contribution < -0.4 is 0 Å². The summed E-state index contributed by atoms with van der Waals surface area (Å²) in [6.45, 7) is 1.15. The molecule has 0 radical (unpaired) electrons. The summed E-state index contributed by atoms with van der Waals surface area (Å²) in [5.74, 6) is 0. The maximum Gasteiger partial charge on any atom is 0.434 e. The molecule has 2 aromatic heterocycles. The zero-order valence-electron chi connectivity index (χ0n) is 11.7. The molecule has 0 aliphatic rings. The quantitative estimate of drug-likeness (QED) is 0.744. The van der Waals surface area contributed by atoms with E-state index in [-0.39, 0.29) is 0 Å². The Balaban J connectivity index is 1.94. The lowest BCUT2D eigenvalue weighted by atomic mass is 10.2. The van der Waals surface area contributed by atoms with Crippen molar-refractivity contribution in [1.82, 2.24) is 19.3 Å². The third kappa shape index (κ3) is 2.69. The summed E-state index contributed by atoms with van der Waals surface area (Å²) in [4.78, 5) is 3.39. The van der Waals surface area contributed by atoms with E-state index in [2.05, 4.69) is 10.1 Å². The van der Waals surface area contributed by atoms with E-state index in [0.29, 0.717) is 18.8 Å². The van der Waals surface area contributed by atoms with Crippen molar-refractivity contribution in [3.05, 3.63) is 42.6 Å². The van der Waals surface area contributed by atoms with Gasteiger partial charge in [-0.05, 0) is 18.2 Å². The van der Waals surface area contributed by atoms with Gasteiger partial charge in [-0.1, -0.05) is 0 Å². The summed E-state index contributed by atoms with van der Waals surface area (Å²) >= 11 is 0. The van der Waals surface area contributed by atoms with E-state index in [0.717, 1.165) is 23.4 Å². The van der Waals surface area contributed by atoms with Crippen molar-refractivity contribution in [2.24, 2.45) is 0 Å². The Bertz CT molecular complexity index is 791. The summed E-state index contributed by atoms with van der Waals surface area (Å²) in [7, 11) is 1.61. The number of hydrogen-bond donors (Lipinski definition) is 0. The average Bonchev–Trinajstić information content (AvgIpc) is 3.11. The first kappa shape index (κ1) is 14.6. The van der Waals surface area contributed by atoms with Crippen molar-refractivity contribution in [3.8, 4) is 5.69 Å². The van der Waals surface area contributed by atoms with Crippen LogP contribution in [0.2, 0.25) is 0 Å². The molecular formula is C14H13F3N4O. The molecule has 22 heavy (non-hydrogen) atoms. The largest absolute Gasteiger partial charge is 0.434 e. The molecule has 0 saturated heterocycles. The van der Waals surface area contributed by atoms with Gasteiger partial charge >= 0.3 is 6.18 Å². The van der Waals surface area contributed by atoms with E-state index in [1.54, 1.807) is 30.1 Å². The third-order valence-electron chi connectivity index (χ3n) is 3.30. The average molecular weight is 310 g/mol. The fourth-order valence-electron chi connectivity index (χ4n) is 2.20. The molecule has 0 atom stereocenters. The Morgan fingerprint density at radius 2 is 2.09 bits per heavy atom. The predicted octanol–water partition coefficient (Wildman–Crippen LogP) is 2.89. The molecule has 0 aliphatic heterocycles. The van der Waals surface area contributed by atoms with Crippen molar-refractivity contribution < 1.29 is 17.9 Å². The maximum atomic E-state index is 12.6. The van der Waals surface area contributed by atoms with Crippen molar-refractivity contribution in [3.63, 3.8) is 0 Å². The lowest BCUT2D eigenvalue weighted by Crippen LogP contribution is -2.05. The maximum absolute atomic E-state index is 12.6. The second-order valence-electron chi connectivity index (χ2n) is 4.77. The number of ether oxygens (including phenoxy) is 1. The van der Waals surface area contributed by atoms with Crippen LogP contribution in [0.1, 0.15) is 5.69 Å². The molecule has 0 aliphatic carbocycles. The molecule has 116 valence electrons. The topological polar surface area (TPSA) is 44.9 Å². The molecule has 0 spiro atoms. The molecule has 2 heterocycles. The molecule has 0 amide bonds. The predicted molar refractivity (Wildman–Crippen MR) is 73.7 cm³/mol. The molecule has 0 fully saturated rings. The van der Waals surface area contributed by atoms with Crippen LogP contribution in [0.5, 0.6) is 0 Å². The normalized spacial score (nSPS) is 12.2. The first-order valence-corrected chi connectivity index (χ1v) is 6.55. The van der Waals surface area contributed by atoms with Gasteiger partial charge in [-0.15, -0.1) is 0 Å². The number of nitrogens with zero attached hydrogens (tertiary/aromatic N) is 4. The van der Waals surface area contributed by atoms with E-state index in [1.807, 2.05) is 6.07 Å². The van der Waals surface area contributed by atoms with Gasteiger partial charge in [0, 0.05) is 24.4 Å². The molecular weight excluding hydrogens is 297 g/mol. The van der Waals surface area contributed by atoms with Gasteiger partial charge in [-0.3, -0.25) is 4.68 Å².